The third-order valence-electron chi connectivity index (χ3n) is 5.85. The molecule has 0 N–H and O–H groups in total. The third kappa shape index (κ3) is 4.72. The Labute approximate surface area is 202 Å². The molecule has 0 bridgehead atoms. The summed E-state index contributed by atoms with van der Waals surface area (Å²) in [6, 6.07) is 16.5. The summed E-state index contributed by atoms with van der Waals surface area (Å²) in [5.74, 6) is 0.877. The zero-order chi connectivity index (χ0) is 23.5. The van der Waals surface area contributed by atoms with Gasteiger partial charge in [-0.1, -0.05) is 35.9 Å². The minimum Gasteiger partial charge on any atom is -0.463 e. The van der Waals surface area contributed by atoms with Crippen molar-refractivity contribution < 1.29 is 13.2 Å². The third-order valence-corrected chi connectivity index (χ3v) is 8.79. The first-order chi connectivity index (χ1) is 16.5. The maximum Gasteiger partial charge on any atom is 0.243 e. The largest absolute Gasteiger partial charge is 0.463 e. The van der Waals surface area contributed by atoms with Gasteiger partial charge < -0.3 is 4.74 Å². The Kier molecular flexibility index (Phi) is 6.40. The zero-order valence-electron chi connectivity index (χ0n) is 18.6. The quantitative estimate of drug-likeness (QED) is 0.385. The summed E-state index contributed by atoms with van der Waals surface area (Å²) in [4.78, 5) is 5.19. The van der Waals surface area contributed by atoms with Gasteiger partial charge in [-0.25, -0.2) is 13.4 Å². The van der Waals surface area contributed by atoms with Gasteiger partial charge in [0.15, 0.2) is 0 Å². The molecule has 34 heavy (non-hydrogen) atoms. The molecular weight excluding hydrogens is 472 g/mol. The number of tetrazole rings is 1. The van der Waals surface area contributed by atoms with Crippen molar-refractivity contribution in [3.8, 4) is 5.75 Å². The van der Waals surface area contributed by atoms with Gasteiger partial charge in [0.25, 0.3) is 0 Å². The highest BCUT2D eigenvalue weighted by atomic mass is 32.2. The summed E-state index contributed by atoms with van der Waals surface area (Å²) in [6.45, 7) is 2.87. The van der Waals surface area contributed by atoms with E-state index in [4.69, 9.17) is 9.72 Å². The van der Waals surface area contributed by atoms with Gasteiger partial charge in [0, 0.05) is 24.4 Å². The minimum absolute atomic E-state index is 0.189. The molecule has 1 aliphatic heterocycles. The number of piperidine rings is 1. The Morgan fingerprint density at radius 1 is 1.06 bits per heavy atom. The van der Waals surface area contributed by atoms with Crippen molar-refractivity contribution >= 4 is 21.4 Å². The van der Waals surface area contributed by atoms with Crippen molar-refractivity contribution in [1.29, 1.82) is 0 Å². The molecule has 0 aliphatic carbocycles. The van der Waals surface area contributed by atoms with Gasteiger partial charge in [-0.15, -0.1) is 16.4 Å². The van der Waals surface area contributed by atoms with Crippen LogP contribution in [0.4, 0.5) is 0 Å². The van der Waals surface area contributed by atoms with Gasteiger partial charge in [0.05, 0.1) is 9.90 Å². The second-order valence-electron chi connectivity index (χ2n) is 8.18. The highest BCUT2D eigenvalue weighted by Gasteiger charge is 2.31. The first-order valence-corrected chi connectivity index (χ1v) is 13.3. The van der Waals surface area contributed by atoms with Crippen LogP contribution in [0.3, 0.4) is 0 Å². The summed E-state index contributed by atoms with van der Waals surface area (Å²) in [5.41, 5.74) is 1.75. The molecule has 0 amide bonds. The number of benzene rings is 2. The number of ether oxygens (including phenoxy) is 1. The lowest BCUT2D eigenvalue weighted by atomic mass is 9.99. The minimum atomic E-state index is -3.49. The molecule has 176 valence electrons. The van der Waals surface area contributed by atoms with E-state index in [0.717, 1.165) is 10.6 Å². The number of hydrogen-bond donors (Lipinski definition) is 0. The smallest absolute Gasteiger partial charge is 0.243 e. The van der Waals surface area contributed by atoms with E-state index in [1.807, 2.05) is 54.8 Å². The van der Waals surface area contributed by atoms with E-state index in [0.29, 0.717) is 42.3 Å². The van der Waals surface area contributed by atoms with Gasteiger partial charge in [0.2, 0.25) is 16.3 Å². The lowest BCUT2D eigenvalue weighted by molar-refractivity contribution is 0.152. The second kappa shape index (κ2) is 9.61. The van der Waals surface area contributed by atoms with E-state index in [2.05, 4.69) is 15.5 Å². The van der Waals surface area contributed by atoms with Crippen molar-refractivity contribution in [3.63, 3.8) is 0 Å². The molecule has 11 heteroatoms. The van der Waals surface area contributed by atoms with E-state index in [9.17, 15) is 8.42 Å². The predicted octanol–water partition coefficient (Wildman–Crippen LogP) is 3.63. The Bertz CT molecular complexity index is 1320. The average molecular weight is 497 g/mol. The Balaban J connectivity index is 1.29. The summed E-state index contributed by atoms with van der Waals surface area (Å²) in [7, 11) is -3.49. The predicted molar refractivity (Wildman–Crippen MR) is 127 cm³/mol. The Morgan fingerprint density at radius 2 is 1.79 bits per heavy atom. The van der Waals surface area contributed by atoms with Crippen molar-refractivity contribution in [3.05, 3.63) is 82.6 Å². The van der Waals surface area contributed by atoms with Crippen LogP contribution in [0.5, 0.6) is 5.75 Å². The molecule has 1 unspecified atom stereocenters. The van der Waals surface area contributed by atoms with Gasteiger partial charge in [-0.3, -0.25) is 0 Å². The van der Waals surface area contributed by atoms with Gasteiger partial charge in [-0.2, -0.15) is 8.99 Å². The monoisotopic (exact) mass is 496 g/mol. The van der Waals surface area contributed by atoms with Crippen LogP contribution < -0.4 is 4.74 Å². The van der Waals surface area contributed by atoms with Gasteiger partial charge in [0.1, 0.15) is 17.8 Å². The first kappa shape index (κ1) is 22.6. The molecule has 1 fully saturated rings. The number of aromatic nitrogens is 5. The lowest BCUT2D eigenvalue weighted by Crippen LogP contribution is -2.37. The number of aryl methyl sites for hydroxylation is 1. The molecule has 9 nitrogen and oxygen atoms in total. The fourth-order valence-corrected chi connectivity index (χ4v) is 6.42. The summed E-state index contributed by atoms with van der Waals surface area (Å²) in [5, 5.41) is 14.4. The van der Waals surface area contributed by atoms with E-state index in [1.165, 1.54) is 11.0 Å². The van der Waals surface area contributed by atoms with Gasteiger partial charge >= 0.3 is 0 Å². The molecule has 1 atom stereocenters. The first-order valence-electron chi connectivity index (χ1n) is 11.0. The highest BCUT2D eigenvalue weighted by Crippen LogP contribution is 2.34. The van der Waals surface area contributed by atoms with Crippen molar-refractivity contribution in [1.82, 2.24) is 29.5 Å². The molecule has 2 aromatic heterocycles. The van der Waals surface area contributed by atoms with Crippen LogP contribution in [0, 0.1) is 6.92 Å². The van der Waals surface area contributed by atoms with Gasteiger partial charge in [-0.05, 0) is 54.5 Å². The van der Waals surface area contributed by atoms with Crippen LogP contribution in [0.25, 0.3) is 0 Å². The molecule has 1 aliphatic rings. The maximum absolute atomic E-state index is 13.0. The van der Waals surface area contributed by atoms with Crippen molar-refractivity contribution in [2.45, 2.75) is 36.8 Å². The second-order valence-corrected chi connectivity index (χ2v) is 11.0. The zero-order valence-corrected chi connectivity index (χ0v) is 20.2. The molecule has 3 heterocycles. The number of sulfonamides is 1. The Morgan fingerprint density at radius 3 is 2.47 bits per heavy atom. The number of rotatable bonds is 7. The summed E-state index contributed by atoms with van der Waals surface area (Å²) >= 11 is 1.56. The van der Waals surface area contributed by atoms with Crippen LogP contribution in [0.15, 0.2) is 71.2 Å². The van der Waals surface area contributed by atoms with Crippen molar-refractivity contribution in [2.75, 3.05) is 13.1 Å². The molecule has 2 aromatic carbocycles. The van der Waals surface area contributed by atoms with Crippen LogP contribution in [0.2, 0.25) is 0 Å². The molecular formula is C23H24N6O3S2. The van der Waals surface area contributed by atoms with E-state index in [1.54, 1.807) is 27.8 Å². The van der Waals surface area contributed by atoms with Crippen molar-refractivity contribution in [2.24, 2.45) is 0 Å². The summed E-state index contributed by atoms with van der Waals surface area (Å²) < 4.78 is 35.3. The molecule has 4 aromatic rings. The van der Waals surface area contributed by atoms with Crippen LogP contribution in [-0.2, 0) is 10.0 Å². The maximum atomic E-state index is 13.0. The highest BCUT2D eigenvalue weighted by molar-refractivity contribution is 7.89. The van der Waals surface area contributed by atoms with Crippen LogP contribution >= 0.6 is 11.3 Å². The molecule has 1 saturated heterocycles. The fourth-order valence-electron chi connectivity index (χ4n) is 3.96. The molecule has 5 rings (SSSR count). The lowest BCUT2D eigenvalue weighted by Gasteiger charge is -2.30. The topological polar surface area (TPSA) is 103 Å². The molecule has 0 saturated carbocycles. The standard InChI is InChI=1S/C23H24N6O3S2/c1-17-7-9-20(10-8-17)34(30,31)28-13-11-18(12-14-28)22-25-21(15-33-22)23(29-16-24-26-27-29)32-19-5-3-2-4-6-19/h2-10,15-16,18,23H,11-14H2,1H3. The number of nitrogens with zero attached hydrogens (tertiary/aromatic N) is 6. The van der Waals surface area contributed by atoms with Crippen LogP contribution in [-0.4, -0.2) is 51.0 Å². The fraction of sp³-hybridized carbons (Fsp3) is 0.304. The number of hydrogen-bond acceptors (Lipinski definition) is 8. The normalized spacial score (nSPS) is 16.4. The molecule has 0 spiro atoms. The van der Waals surface area contributed by atoms with Crippen LogP contribution in [0.1, 0.15) is 41.3 Å². The summed E-state index contributed by atoms with van der Waals surface area (Å²) in [6.07, 6.45) is 2.34. The number of thiazole rings is 1. The Hall–Kier alpha value is -3.15. The average Bonchev–Trinajstić information content (AvgIpc) is 3.57. The number of para-hydroxylation sites is 1. The molecule has 0 radical (unpaired) electrons. The SMILES string of the molecule is Cc1ccc(S(=O)(=O)N2CCC(c3nc(C(Oc4ccccc4)n4cnnn4)cs3)CC2)cc1. The van der Waals surface area contributed by atoms with E-state index in [-0.39, 0.29) is 5.92 Å². The van der Waals surface area contributed by atoms with E-state index >= 15 is 0 Å². The van der Waals surface area contributed by atoms with E-state index < -0.39 is 16.3 Å².